The molecule has 0 aliphatic carbocycles. The minimum atomic E-state index is 0.236. The van der Waals surface area contributed by atoms with Gasteiger partial charge in [-0.3, -0.25) is 0 Å². The number of nitrogens with zero attached hydrogens (tertiary/aromatic N) is 1. The van der Waals surface area contributed by atoms with E-state index in [1.165, 1.54) is 30.5 Å². The molecule has 17 heavy (non-hydrogen) atoms. The van der Waals surface area contributed by atoms with E-state index in [2.05, 4.69) is 44.2 Å². The van der Waals surface area contributed by atoms with Gasteiger partial charge in [-0.1, -0.05) is 19.9 Å². The molecule has 1 aliphatic rings. The summed E-state index contributed by atoms with van der Waals surface area (Å²) in [4.78, 5) is 0. The molecule has 1 aromatic heterocycles. The highest BCUT2D eigenvalue weighted by Crippen LogP contribution is 2.33. The van der Waals surface area contributed by atoms with Crippen LogP contribution in [0.25, 0.3) is 5.57 Å². The smallest absolute Gasteiger partial charge is 0.134 e. The Labute approximate surface area is 104 Å². The van der Waals surface area contributed by atoms with Gasteiger partial charge in [0.1, 0.15) is 6.23 Å². The highest BCUT2D eigenvalue weighted by atomic mass is 16.5. The monoisotopic (exact) mass is 233 g/mol. The Bertz CT molecular complexity index is 405. The highest BCUT2D eigenvalue weighted by Gasteiger charge is 2.26. The lowest BCUT2D eigenvalue weighted by molar-refractivity contribution is -0.00233. The molecular formula is C15H23NO. The van der Waals surface area contributed by atoms with Crippen LogP contribution in [0.2, 0.25) is 0 Å². The molecule has 1 saturated heterocycles. The molecule has 2 heteroatoms. The predicted molar refractivity (Wildman–Crippen MR) is 71.9 cm³/mol. The predicted octanol–water partition coefficient (Wildman–Crippen LogP) is 4.31. The van der Waals surface area contributed by atoms with E-state index in [0.717, 1.165) is 12.0 Å². The van der Waals surface area contributed by atoms with E-state index in [0.29, 0.717) is 6.10 Å². The molecule has 2 atom stereocenters. The van der Waals surface area contributed by atoms with E-state index >= 15 is 0 Å². The summed E-state index contributed by atoms with van der Waals surface area (Å²) in [5, 5.41) is 0. The van der Waals surface area contributed by atoms with Crippen LogP contribution in [0.5, 0.6) is 0 Å². The summed E-state index contributed by atoms with van der Waals surface area (Å²) in [5.74, 6) is 0. The standard InChI is InChI=1S/C15H23NO/c1-5-6-13-7-8-15(17-13)16-10-9-14(11(2)3)12(16)4/h9-10,13,15H,2,5-8H2,1,3-4H3. The molecule has 0 bridgehead atoms. The van der Waals surface area contributed by atoms with E-state index in [1.54, 1.807) is 0 Å². The molecule has 0 aromatic carbocycles. The van der Waals surface area contributed by atoms with Crippen molar-refractivity contribution in [2.75, 3.05) is 0 Å². The van der Waals surface area contributed by atoms with E-state index in [-0.39, 0.29) is 6.23 Å². The van der Waals surface area contributed by atoms with Gasteiger partial charge in [-0.05, 0) is 50.3 Å². The van der Waals surface area contributed by atoms with Crippen molar-refractivity contribution in [3.05, 3.63) is 30.1 Å². The summed E-state index contributed by atoms with van der Waals surface area (Å²) in [6, 6.07) is 2.15. The largest absolute Gasteiger partial charge is 0.355 e. The molecule has 1 aromatic rings. The Balaban J connectivity index is 2.11. The van der Waals surface area contributed by atoms with Crippen molar-refractivity contribution in [3.63, 3.8) is 0 Å². The van der Waals surface area contributed by atoms with Gasteiger partial charge in [0.2, 0.25) is 0 Å². The molecule has 94 valence electrons. The number of ether oxygens (including phenoxy) is 1. The van der Waals surface area contributed by atoms with Crippen molar-refractivity contribution in [3.8, 4) is 0 Å². The van der Waals surface area contributed by atoms with Gasteiger partial charge < -0.3 is 9.30 Å². The maximum atomic E-state index is 6.10. The summed E-state index contributed by atoms with van der Waals surface area (Å²) >= 11 is 0. The van der Waals surface area contributed by atoms with Crippen LogP contribution < -0.4 is 0 Å². The fraction of sp³-hybridized carbons (Fsp3) is 0.600. The lowest BCUT2D eigenvalue weighted by Crippen LogP contribution is -2.11. The lowest BCUT2D eigenvalue weighted by atomic mass is 10.1. The third-order valence-electron chi connectivity index (χ3n) is 3.64. The average molecular weight is 233 g/mol. The van der Waals surface area contributed by atoms with Gasteiger partial charge in [0.15, 0.2) is 0 Å². The first-order valence-electron chi connectivity index (χ1n) is 6.62. The fourth-order valence-electron chi connectivity index (χ4n) is 2.72. The van der Waals surface area contributed by atoms with E-state index in [9.17, 15) is 0 Å². The van der Waals surface area contributed by atoms with Gasteiger partial charge in [0.25, 0.3) is 0 Å². The highest BCUT2D eigenvalue weighted by molar-refractivity contribution is 5.63. The van der Waals surface area contributed by atoms with Crippen LogP contribution >= 0.6 is 0 Å². The molecule has 1 aliphatic heterocycles. The molecular weight excluding hydrogens is 210 g/mol. The van der Waals surface area contributed by atoms with E-state index in [1.807, 2.05) is 0 Å². The second-order valence-electron chi connectivity index (χ2n) is 5.08. The van der Waals surface area contributed by atoms with Crippen LogP contribution in [-0.4, -0.2) is 10.7 Å². The maximum Gasteiger partial charge on any atom is 0.134 e. The molecule has 2 heterocycles. The van der Waals surface area contributed by atoms with E-state index < -0.39 is 0 Å². The van der Waals surface area contributed by atoms with Crippen molar-refractivity contribution in [2.24, 2.45) is 0 Å². The molecule has 2 rings (SSSR count). The van der Waals surface area contributed by atoms with Gasteiger partial charge >= 0.3 is 0 Å². The molecule has 0 saturated carbocycles. The zero-order valence-corrected chi connectivity index (χ0v) is 11.2. The SMILES string of the molecule is C=C(C)c1ccn(C2CCC(CCC)O2)c1C. The van der Waals surface area contributed by atoms with Gasteiger partial charge in [0, 0.05) is 11.9 Å². The summed E-state index contributed by atoms with van der Waals surface area (Å²) in [6.45, 7) is 10.4. The van der Waals surface area contributed by atoms with E-state index in [4.69, 9.17) is 4.74 Å². The summed E-state index contributed by atoms with van der Waals surface area (Å²) in [5.41, 5.74) is 3.66. The number of hydrogen-bond acceptors (Lipinski definition) is 1. The average Bonchev–Trinajstić information content (AvgIpc) is 2.85. The molecule has 2 nitrogen and oxygen atoms in total. The van der Waals surface area contributed by atoms with Crippen LogP contribution in [0.3, 0.4) is 0 Å². The first-order chi connectivity index (χ1) is 8.13. The Kier molecular flexibility index (Phi) is 3.72. The molecule has 0 amide bonds. The summed E-state index contributed by atoms with van der Waals surface area (Å²) in [7, 11) is 0. The number of hydrogen-bond donors (Lipinski definition) is 0. The number of aromatic nitrogens is 1. The third-order valence-corrected chi connectivity index (χ3v) is 3.64. The lowest BCUT2D eigenvalue weighted by Gasteiger charge is -2.17. The Morgan fingerprint density at radius 1 is 1.53 bits per heavy atom. The molecule has 2 unspecified atom stereocenters. The van der Waals surface area contributed by atoms with Crippen LogP contribution in [0, 0.1) is 6.92 Å². The van der Waals surface area contributed by atoms with Gasteiger partial charge in [-0.15, -0.1) is 0 Å². The minimum Gasteiger partial charge on any atom is -0.355 e. The van der Waals surface area contributed by atoms with Crippen LogP contribution in [-0.2, 0) is 4.74 Å². The van der Waals surface area contributed by atoms with Crippen LogP contribution in [0.4, 0.5) is 0 Å². The number of rotatable bonds is 4. The molecule has 0 N–H and O–H groups in total. The Hall–Kier alpha value is -1.02. The first kappa shape index (κ1) is 12.4. The second kappa shape index (κ2) is 5.09. The third kappa shape index (κ3) is 2.47. The minimum absolute atomic E-state index is 0.236. The Morgan fingerprint density at radius 2 is 2.29 bits per heavy atom. The Morgan fingerprint density at radius 3 is 2.88 bits per heavy atom. The van der Waals surface area contributed by atoms with Crippen LogP contribution in [0.1, 0.15) is 57.0 Å². The normalized spacial score (nSPS) is 24.2. The zero-order chi connectivity index (χ0) is 12.4. The molecule has 0 spiro atoms. The summed E-state index contributed by atoms with van der Waals surface area (Å²) in [6.07, 6.45) is 7.55. The zero-order valence-electron chi connectivity index (χ0n) is 11.2. The molecule has 0 radical (unpaired) electrons. The van der Waals surface area contributed by atoms with Gasteiger partial charge in [0.05, 0.1) is 6.10 Å². The fourth-order valence-corrected chi connectivity index (χ4v) is 2.72. The van der Waals surface area contributed by atoms with Crippen molar-refractivity contribution < 1.29 is 4.74 Å². The second-order valence-corrected chi connectivity index (χ2v) is 5.08. The van der Waals surface area contributed by atoms with Crippen molar-refractivity contribution >= 4 is 5.57 Å². The van der Waals surface area contributed by atoms with Crippen LogP contribution in [0.15, 0.2) is 18.8 Å². The topological polar surface area (TPSA) is 14.2 Å². The maximum absolute atomic E-state index is 6.10. The van der Waals surface area contributed by atoms with Crippen molar-refractivity contribution in [1.29, 1.82) is 0 Å². The first-order valence-corrected chi connectivity index (χ1v) is 6.62. The molecule has 1 fully saturated rings. The summed E-state index contributed by atoms with van der Waals surface area (Å²) < 4.78 is 8.36. The van der Waals surface area contributed by atoms with Gasteiger partial charge in [-0.25, -0.2) is 0 Å². The quantitative estimate of drug-likeness (QED) is 0.756. The van der Waals surface area contributed by atoms with Crippen molar-refractivity contribution in [1.82, 2.24) is 4.57 Å². The van der Waals surface area contributed by atoms with Gasteiger partial charge in [-0.2, -0.15) is 0 Å². The number of allylic oxidation sites excluding steroid dienone is 1. The van der Waals surface area contributed by atoms with Crippen molar-refractivity contribution in [2.45, 2.75) is 58.8 Å².